The number of aryl methyl sites for hydroxylation is 1. The van der Waals surface area contributed by atoms with E-state index in [-0.39, 0.29) is 0 Å². The standard InChI is InChI=1S/C16H22N6O/c1-11-9-13(22-23-11)21-16-14(17)15(19-10-20-16)18-8-7-12-5-3-2-4-6-12/h5,9-10H,2-4,6-8,17H2,1H3,(H2,18,19,20,21,22). The van der Waals surface area contributed by atoms with Crippen LogP contribution in [0.25, 0.3) is 0 Å². The smallest absolute Gasteiger partial charge is 0.175 e. The van der Waals surface area contributed by atoms with Crippen LogP contribution >= 0.6 is 0 Å². The number of nitrogen functional groups attached to an aromatic ring is 1. The van der Waals surface area contributed by atoms with Crippen molar-refractivity contribution in [2.45, 2.75) is 39.0 Å². The summed E-state index contributed by atoms with van der Waals surface area (Å²) in [6.45, 7) is 2.64. The zero-order chi connectivity index (χ0) is 16.1. The molecule has 0 bridgehead atoms. The number of allylic oxidation sites excluding steroid dienone is 1. The molecule has 0 atom stereocenters. The third kappa shape index (κ3) is 4.00. The monoisotopic (exact) mass is 314 g/mol. The minimum Gasteiger partial charge on any atom is -0.393 e. The Hall–Kier alpha value is -2.57. The lowest BCUT2D eigenvalue weighted by molar-refractivity contribution is 0.400. The van der Waals surface area contributed by atoms with Crippen molar-refractivity contribution in [1.29, 1.82) is 0 Å². The number of nitrogens with two attached hydrogens (primary N) is 1. The zero-order valence-corrected chi connectivity index (χ0v) is 13.3. The van der Waals surface area contributed by atoms with Crippen molar-refractivity contribution in [3.63, 3.8) is 0 Å². The molecule has 122 valence electrons. The maximum Gasteiger partial charge on any atom is 0.175 e. The van der Waals surface area contributed by atoms with Crippen LogP contribution in [-0.4, -0.2) is 21.7 Å². The van der Waals surface area contributed by atoms with Gasteiger partial charge < -0.3 is 20.9 Å². The summed E-state index contributed by atoms with van der Waals surface area (Å²) in [7, 11) is 0. The summed E-state index contributed by atoms with van der Waals surface area (Å²) >= 11 is 0. The molecule has 2 aromatic heterocycles. The zero-order valence-electron chi connectivity index (χ0n) is 13.3. The fraction of sp³-hybridized carbons (Fsp3) is 0.438. The van der Waals surface area contributed by atoms with E-state index in [0.29, 0.717) is 23.1 Å². The van der Waals surface area contributed by atoms with Crippen LogP contribution in [0.3, 0.4) is 0 Å². The van der Waals surface area contributed by atoms with E-state index in [1.54, 1.807) is 6.07 Å². The van der Waals surface area contributed by atoms with Gasteiger partial charge >= 0.3 is 0 Å². The molecular formula is C16H22N6O. The van der Waals surface area contributed by atoms with E-state index in [2.05, 4.69) is 31.8 Å². The number of nitrogens with one attached hydrogen (secondary N) is 2. The van der Waals surface area contributed by atoms with Crippen molar-refractivity contribution in [1.82, 2.24) is 15.1 Å². The van der Waals surface area contributed by atoms with Crippen LogP contribution in [0.1, 0.15) is 37.9 Å². The molecule has 1 aliphatic rings. The highest BCUT2D eigenvalue weighted by molar-refractivity contribution is 5.76. The Bertz CT molecular complexity index is 694. The van der Waals surface area contributed by atoms with Crippen molar-refractivity contribution in [2.75, 3.05) is 22.9 Å². The number of hydrogen-bond acceptors (Lipinski definition) is 7. The molecule has 0 unspecified atom stereocenters. The van der Waals surface area contributed by atoms with Crippen molar-refractivity contribution in [2.24, 2.45) is 0 Å². The van der Waals surface area contributed by atoms with Gasteiger partial charge in [0.25, 0.3) is 0 Å². The normalized spacial score (nSPS) is 14.4. The maximum atomic E-state index is 6.13. The molecule has 7 heteroatoms. The number of anilines is 4. The predicted octanol–water partition coefficient (Wildman–Crippen LogP) is 3.40. The molecule has 4 N–H and O–H groups in total. The molecule has 2 heterocycles. The van der Waals surface area contributed by atoms with E-state index in [1.807, 2.05) is 6.92 Å². The molecule has 7 nitrogen and oxygen atoms in total. The highest BCUT2D eigenvalue weighted by Crippen LogP contribution is 2.26. The lowest BCUT2D eigenvalue weighted by Gasteiger charge is -2.14. The number of rotatable bonds is 6. The van der Waals surface area contributed by atoms with Gasteiger partial charge in [-0.1, -0.05) is 16.8 Å². The van der Waals surface area contributed by atoms with Crippen molar-refractivity contribution in [3.05, 3.63) is 29.8 Å². The Morgan fingerprint density at radius 2 is 2.13 bits per heavy atom. The first kappa shape index (κ1) is 15.3. The molecule has 1 aliphatic carbocycles. The van der Waals surface area contributed by atoms with Crippen LogP contribution in [0, 0.1) is 6.92 Å². The van der Waals surface area contributed by atoms with Crippen LogP contribution in [0.15, 0.2) is 28.6 Å². The van der Waals surface area contributed by atoms with Gasteiger partial charge in [-0.25, -0.2) is 9.97 Å². The first-order chi connectivity index (χ1) is 11.2. The van der Waals surface area contributed by atoms with E-state index in [9.17, 15) is 0 Å². The largest absolute Gasteiger partial charge is 0.393 e. The van der Waals surface area contributed by atoms with Gasteiger partial charge in [0.2, 0.25) is 0 Å². The SMILES string of the molecule is Cc1cc(Nc2ncnc(NCCC3=CCCCC3)c2N)no1. The van der Waals surface area contributed by atoms with E-state index in [4.69, 9.17) is 10.3 Å². The molecule has 2 aromatic rings. The van der Waals surface area contributed by atoms with Gasteiger partial charge in [0.1, 0.15) is 17.8 Å². The third-order valence-corrected chi connectivity index (χ3v) is 3.88. The van der Waals surface area contributed by atoms with Gasteiger partial charge in [-0.15, -0.1) is 0 Å². The molecule has 0 amide bonds. The minimum atomic E-state index is 0.478. The third-order valence-electron chi connectivity index (χ3n) is 3.88. The van der Waals surface area contributed by atoms with E-state index >= 15 is 0 Å². The molecule has 23 heavy (non-hydrogen) atoms. The molecular weight excluding hydrogens is 292 g/mol. The van der Waals surface area contributed by atoms with E-state index in [0.717, 1.165) is 18.7 Å². The Kier molecular flexibility index (Phi) is 4.75. The Balaban J connectivity index is 1.61. The average Bonchev–Trinajstić information content (AvgIpc) is 2.97. The summed E-state index contributed by atoms with van der Waals surface area (Å²) in [6, 6.07) is 1.78. The van der Waals surface area contributed by atoms with Gasteiger partial charge in [0.05, 0.1) is 0 Å². The van der Waals surface area contributed by atoms with Crippen molar-refractivity contribution in [3.8, 4) is 0 Å². The second-order valence-electron chi connectivity index (χ2n) is 5.72. The van der Waals surface area contributed by atoms with Crippen LogP contribution in [0.2, 0.25) is 0 Å². The van der Waals surface area contributed by atoms with Gasteiger partial charge in [0, 0.05) is 12.6 Å². The van der Waals surface area contributed by atoms with E-state index < -0.39 is 0 Å². The quantitative estimate of drug-likeness (QED) is 0.702. The molecule has 0 spiro atoms. The molecule has 0 fully saturated rings. The topological polar surface area (TPSA) is 102 Å². The summed E-state index contributed by atoms with van der Waals surface area (Å²) in [4.78, 5) is 8.38. The summed E-state index contributed by atoms with van der Waals surface area (Å²) < 4.78 is 5.02. The summed E-state index contributed by atoms with van der Waals surface area (Å²) in [5.41, 5.74) is 8.13. The Labute approximate surface area is 135 Å². The van der Waals surface area contributed by atoms with Gasteiger partial charge in [0.15, 0.2) is 17.5 Å². The first-order valence-electron chi connectivity index (χ1n) is 7.95. The second-order valence-corrected chi connectivity index (χ2v) is 5.72. The predicted molar refractivity (Wildman–Crippen MR) is 90.6 cm³/mol. The number of hydrogen-bond donors (Lipinski definition) is 3. The Morgan fingerprint density at radius 1 is 1.26 bits per heavy atom. The molecule has 0 aromatic carbocycles. The fourth-order valence-electron chi connectivity index (χ4n) is 2.66. The molecule has 3 rings (SSSR count). The summed E-state index contributed by atoms with van der Waals surface area (Å²) in [6.07, 6.45) is 9.88. The molecule has 0 saturated carbocycles. The van der Waals surface area contributed by atoms with E-state index in [1.165, 1.54) is 37.6 Å². The van der Waals surface area contributed by atoms with Crippen molar-refractivity contribution < 1.29 is 4.52 Å². The first-order valence-corrected chi connectivity index (χ1v) is 7.95. The Morgan fingerprint density at radius 3 is 2.87 bits per heavy atom. The summed E-state index contributed by atoms with van der Waals surface area (Å²) in [5.74, 6) is 2.46. The summed E-state index contributed by atoms with van der Waals surface area (Å²) in [5, 5.41) is 10.2. The van der Waals surface area contributed by atoms with Crippen LogP contribution in [-0.2, 0) is 0 Å². The number of aromatic nitrogens is 3. The van der Waals surface area contributed by atoms with Crippen LogP contribution < -0.4 is 16.4 Å². The number of nitrogens with zero attached hydrogens (tertiary/aromatic N) is 3. The second kappa shape index (κ2) is 7.13. The highest BCUT2D eigenvalue weighted by Gasteiger charge is 2.10. The lowest BCUT2D eigenvalue weighted by atomic mass is 9.97. The molecule has 0 radical (unpaired) electrons. The van der Waals surface area contributed by atoms with Gasteiger partial charge in [-0.3, -0.25) is 0 Å². The fourth-order valence-corrected chi connectivity index (χ4v) is 2.66. The average molecular weight is 314 g/mol. The molecule has 0 aliphatic heterocycles. The molecule has 0 saturated heterocycles. The van der Waals surface area contributed by atoms with Crippen molar-refractivity contribution >= 4 is 23.1 Å². The van der Waals surface area contributed by atoms with Crippen LogP contribution in [0.4, 0.5) is 23.1 Å². The van der Waals surface area contributed by atoms with Gasteiger partial charge in [-0.2, -0.15) is 0 Å². The maximum absolute atomic E-state index is 6.13. The lowest BCUT2D eigenvalue weighted by Crippen LogP contribution is -2.10. The minimum absolute atomic E-state index is 0.478. The van der Waals surface area contributed by atoms with Crippen LogP contribution in [0.5, 0.6) is 0 Å². The van der Waals surface area contributed by atoms with Gasteiger partial charge in [-0.05, 0) is 39.0 Å². The highest BCUT2D eigenvalue weighted by atomic mass is 16.5.